The largest absolute Gasteiger partial charge is 0.396 e. The van der Waals surface area contributed by atoms with Crippen LogP contribution in [-0.2, 0) is 9.59 Å². The number of carbonyl (C=O) groups excluding carboxylic acids is 2. The van der Waals surface area contributed by atoms with Gasteiger partial charge in [0.15, 0.2) is 0 Å². The van der Waals surface area contributed by atoms with Gasteiger partial charge in [0.1, 0.15) is 0 Å². The molecule has 0 saturated carbocycles. The first-order valence-electron chi connectivity index (χ1n) is 4.25. The maximum Gasteiger partial charge on any atom is 0.234 e. The van der Waals surface area contributed by atoms with Gasteiger partial charge in [0.25, 0.3) is 0 Å². The molecule has 14 heavy (non-hydrogen) atoms. The van der Waals surface area contributed by atoms with Gasteiger partial charge in [0.05, 0.1) is 17.6 Å². The summed E-state index contributed by atoms with van der Waals surface area (Å²) < 4.78 is 0. The van der Waals surface area contributed by atoms with E-state index in [0.717, 1.165) is 4.90 Å². The Labute approximate surface area is 80.5 Å². The van der Waals surface area contributed by atoms with E-state index in [1.165, 1.54) is 12.4 Å². The van der Waals surface area contributed by atoms with Crippen LogP contribution in [-0.4, -0.2) is 16.8 Å². The first-order chi connectivity index (χ1) is 6.70. The Morgan fingerprint density at radius 1 is 1.29 bits per heavy atom. The molecule has 0 radical (unpaired) electrons. The molecule has 1 aliphatic heterocycles. The number of aromatic nitrogens is 1. The van der Waals surface area contributed by atoms with E-state index >= 15 is 0 Å². The molecule has 1 aromatic heterocycles. The lowest BCUT2D eigenvalue weighted by Gasteiger charge is -2.14. The fourth-order valence-electron chi connectivity index (χ4n) is 1.45. The third-order valence-corrected chi connectivity index (χ3v) is 2.12. The van der Waals surface area contributed by atoms with Crippen molar-refractivity contribution in [3.63, 3.8) is 0 Å². The molecule has 0 bridgehead atoms. The zero-order valence-electron chi connectivity index (χ0n) is 7.43. The van der Waals surface area contributed by atoms with Crippen LogP contribution in [0.2, 0.25) is 0 Å². The molecule has 1 saturated heterocycles. The molecule has 2 heterocycles. The van der Waals surface area contributed by atoms with E-state index in [1.54, 1.807) is 6.07 Å². The second-order valence-corrected chi connectivity index (χ2v) is 3.06. The number of pyridine rings is 1. The van der Waals surface area contributed by atoms with E-state index < -0.39 is 0 Å². The van der Waals surface area contributed by atoms with Gasteiger partial charge >= 0.3 is 0 Å². The van der Waals surface area contributed by atoms with Gasteiger partial charge in [0, 0.05) is 19.0 Å². The number of nitrogens with two attached hydrogens (primary N) is 1. The minimum atomic E-state index is -0.201. The SMILES string of the molecule is Nc1cnccc1N1C(=O)CCC1=O. The van der Waals surface area contributed by atoms with Crippen LogP contribution in [0.1, 0.15) is 12.8 Å². The monoisotopic (exact) mass is 191 g/mol. The Hall–Kier alpha value is -1.91. The molecule has 2 N–H and O–H groups in total. The number of imide groups is 1. The number of hydrogen-bond donors (Lipinski definition) is 1. The zero-order valence-corrected chi connectivity index (χ0v) is 7.43. The fourth-order valence-corrected chi connectivity index (χ4v) is 1.45. The highest BCUT2D eigenvalue weighted by atomic mass is 16.2. The highest BCUT2D eigenvalue weighted by Crippen LogP contribution is 2.26. The summed E-state index contributed by atoms with van der Waals surface area (Å²) in [5.41, 5.74) is 6.40. The minimum Gasteiger partial charge on any atom is -0.396 e. The van der Waals surface area contributed by atoms with Crippen molar-refractivity contribution in [2.75, 3.05) is 10.6 Å². The summed E-state index contributed by atoms with van der Waals surface area (Å²) in [6.07, 6.45) is 3.46. The van der Waals surface area contributed by atoms with Crippen LogP contribution < -0.4 is 10.6 Å². The number of rotatable bonds is 1. The Bertz CT molecular complexity index is 387. The quantitative estimate of drug-likeness (QED) is 0.648. The van der Waals surface area contributed by atoms with Crippen LogP contribution >= 0.6 is 0 Å². The van der Waals surface area contributed by atoms with Gasteiger partial charge in [-0.05, 0) is 6.07 Å². The van der Waals surface area contributed by atoms with Gasteiger partial charge in [0.2, 0.25) is 11.8 Å². The average molecular weight is 191 g/mol. The minimum absolute atomic E-state index is 0.201. The van der Waals surface area contributed by atoms with Crippen LogP contribution in [0.3, 0.4) is 0 Å². The maximum absolute atomic E-state index is 11.4. The number of amides is 2. The molecule has 5 nitrogen and oxygen atoms in total. The van der Waals surface area contributed by atoms with Crippen molar-refractivity contribution in [2.24, 2.45) is 0 Å². The van der Waals surface area contributed by atoms with Crippen LogP contribution in [0.5, 0.6) is 0 Å². The lowest BCUT2D eigenvalue weighted by atomic mass is 10.3. The molecule has 2 rings (SSSR count). The van der Waals surface area contributed by atoms with Crippen molar-refractivity contribution in [3.8, 4) is 0 Å². The smallest absolute Gasteiger partial charge is 0.234 e. The van der Waals surface area contributed by atoms with Crippen LogP contribution in [0.25, 0.3) is 0 Å². The van der Waals surface area contributed by atoms with Crippen molar-refractivity contribution >= 4 is 23.2 Å². The second-order valence-electron chi connectivity index (χ2n) is 3.06. The highest BCUT2D eigenvalue weighted by Gasteiger charge is 2.31. The van der Waals surface area contributed by atoms with E-state index in [9.17, 15) is 9.59 Å². The summed E-state index contributed by atoms with van der Waals surface area (Å²) in [6, 6.07) is 1.57. The molecule has 0 aromatic carbocycles. The van der Waals surface area contributed by atoms with Gasteiger partial charge in [-0.15, -0.1) is 0 Å². The van der Waals surface area contributed by atoms with Crippen molar-refractivity contribution < 1.29 is 9.59 Å². The summed E-state index contributed by atoms with van der Waals surface area (Å²) in [6.45, 7) is 0. The van der Waals surface area contributed by atoms with Gasteiger partial charge in [-0.2, -0.15) is 0 Å². The van der Waals surface area contributed by atoms with Crippen LogP contribution in [0.4, 0.5) is 11.4 Å². The number of carbonyl (C=O) groups is 2. The van der Waals surface area contributed by atoms with Crippen molar-refractivity contribution in [3.05, 3.63) is 18.5 Å². The zero-order chi connectivity index (χ0) is 10.1. The van der Waals surface area contributed by atoms with Crippen molar-refractivity contribution in [1.82, 2.24) is 4.98 Å². The predicted octanol–water partition coefficient (Wildman–Crippen LogP) is 0.317. The molecule has 0 unspecified atom stereocenters. The third-order valence-electron chi connectivity index (χ3n) is 2.12. The lowest BCUT2D eigenvalue weighted by Crippen LogP contribution is -2.29. The maximum atomic E-state index is 11.4. The Morgan fingerprint density at radius 3 is 2.50 bits per heavy atom. The summed E-state index contributed by atoms with van der Waals surface area (Å²) in [4.78, 5) is 27.6. The van der Waals surface area contributed by atoms with E-state index in [0.29, 0.717) is 11.4 Å². The molecule has 5 heteroatoms. The van der Waals surface area contributed by atoms with E-state index in [4.69, 9.17) is 5.73 Å². The standard InChI is InChI=1S/C9H9N3O2/c10-6-5-11-4-3-7(6)12-8(13)1-2-9(12)14/h3-5H,1-2,10H2. The van der Waals surface area contributed by atoms with Crippen LogP contribution in [0.15, 0.2) is 18.5 Å². The average Bonchev–Trinajstić information content (AvgIpc) is 2.48. The molecule has 2 amide bonds. The molecular formula is C9H9N3O2. The molecular weight excluding hydrogens is 182 g/mol. The van der Waals surface area contributed by atoms with E-state index in [2.05, 4.69) is 4.98 Å². The van der Waals surface area contributed by atoms with Gasteiger partial charge in [-0.25, -0.2) is 4.90 Å². The highest BCUT2D eigenvalue weighted by molar-refractivity contribution is 6.21. The Kier molecular flexibility index (Phi) is 1.92. The van der Waals surface area contributed by atoms with E-state index in [-0.39, 0.29) is 24.7 Å². The Morgan fingerprint density at radius 2 is 1.93 bits per heavy atom. The molecule has 0 spiro atoms. The third kappa shape index (κ3) is 1.22. The van der Waals surface area contributed by atoms with Gasteiger partial charge in [-0.3, -0.25) is 14.6 Å². The topological polar surface area (TPSA) is 76.3 Å². The van der Waals surface area contributed by atoms with Crippen molar-refractivity contribution in [1.29, 1.82) is 0 Å². The normalized spacial score (nSPS) is 16.4. The van der Waals surface area contributed by atoms with Crippen molar-refractivity contribution in [2.45, 2.75) is 12.8 Å². The second kappa shape index (κ2) is 3.10. The Balaban J connectivity index is 2.44. The van der Waals surface area contributed by atoms with Crippen LogP contribution in [0, 0.1) is 0 Å². The summed E-state index contributed by atoms with van der Waals surface area (Å²) in [5, 5.41) is 0. The fraction of sp³-hybridized carbons (Fsp3) is 0.222. The van der Waals surface area contributed by atoms with Gasteiger partial charge < -0.3 is 5.73 Å². The number of nitrogens with zero attached hydrogens (tertiary/aromatic N) is 2. The molecule has 1 aromatic rings. The predicted molar refractivity (Wildman–Crippen MR) is 50.4 cm³/mol. The number of hydrogen-bond acceptors (Lipinski definition) is 4. The number of anilines is 2. The lowest BCUT2D eigenvalue weighted by molar-refractivity contribution is -0.121. The molecule has 72 valence electrons. The van der Waals surface area contributed by atoms with E-state index in [1.807, 2.05) is 0 Å². The number of nitrogen functional groups attached to an aromatic ring is 1. The molecule has 0 aliphatic carbocycles. The van der Waals surface area contributed by atoms with Gasteiger partial charge in [-0.1, -0.05) is 0 Å². The first-order valence-corrected chi connectivity index (χ1v) is 4.25. The summed E-state index contributed by atoms with van der Waals surface area (Å²) in [7, 11) is 0. The molecule has 1 fully saturated rings. The summed E-state index contributed by atoms with van der Waals surface area (Å²) in [5.74, 6) is -0.402. The molecule has 1 aliphatic rings. The first kappa shape index (κ1) is 8.68. The summed E-state index contributed by atoms with van der Waals surface area (Å²) >= 11 is 0. The molecule has 0 atom stereocenters.